The minimum Gasteiger partial charge on any atom is -0.484 e. The van der Waals surface area contributed by atoms with Crippen molar-refractivity contribution in [1.82, 2.24) is 9.78 Å². The Bertz CT molecular complexity index is 1100. The second-order valence-electron chi connectivity index (χ2n) is 7.40. The van der Waals surface area contributed by atoms with Gasteiger partial charge in [-0.3, -0.25) is 4.79 Å². The normalized spacial score (nSPS) is 13.0. The highest BCUT2D eigenvalue weighted by molar-refractivity contribution is 7.71. The summed E-state index contributed by atoms with van der Waals surface area (Å²) in [5, 5.41) is 7.21. The number of ether oxygens (including phenoxy) is 1. The maximum absolute atomic E-state index is 12.4. The van der Waals surface area contributed by atoms with Crippen molar-refractivity contribution >= 4 is 23.8 Å². The number of para-hydroxylation sites is 1. The first-order valence-electron chi connectivity index (χ1n) is 10.3. The van der Waals surface area contributed by atoms with Gasteiger partial charge in [-0.15, -0.1) is 5.10 Å². The predicted molar refractivity (Wildman–Crippen MR) is 117 cm³/mol. The lowest BCUT2D eigenvalue weighted by Gasteiger charge is -2.16. The molecule has 1 N–H and O–H groups in total. The molecule has 1 aromatic heterocycles. The van der Waals surface area contributed by atoms with Crippen LogP contribution in [0.25, 0.3) is 0 Å². The van der Waals surface area contributed by atoms with E-state index in [1.807, 2.05) is 37.3 Å². The Morgan fingerprint density at radius 2 is 2.00 bits per heavy atom. The van der Waals surface area contributed by atoms with E-state index in [9.17, 15) is 4.79 Å². The van der Waals surface area contributed by atoms with Gasteiger partial charge in [0.15, 0.2) is 6.61 Å². The summed E-state index contributed by atoms with van der Waals surface area (Å²) in [6, 6.07) is 13.9. The number of nitrogens with one attached hydrogen (secondary N) is 1. The first kappa shape index (κ1) is 20.3. The summed E-state index contributed by atoms with van der Waals surface area (Å²) in [6.07, 6.45) is 5.55. The molecule has 1 aliphatic carbocycles. The van der Waals surface area contributed by atoms with Gasteiger partial charge in [0.05, 0.1) is 0 Å². The topological polar surface area (TPSA) is 69.3 Å². The van der Waals surface area contributed by atoms with Gasteiger partial charge in [-0.25, -0.2) is 4.68 Å². The quantitative estimate of drug-likeness (QED) is 0.550. The summed E-state index contributed by atoms with van der Waals surface area (Å²) in [5.74, 6) is 0.933. The lowest BCUT2D eigenvalue weighted by atomic mass is 9.92. The van der Waals surface area contributed by atoms with Crippen molar-refractivity contribution in [1.29, 1.82) is 0 Å². The predicted octanol–water partition coefficient (Wildman–Crippen LogP) is 4.86. The SMILES string of the molecule is CCc1ccccc1NC(=O)Cn1nc(COc2ccc3c(c2)CCCC3)oc1=S. The van der Waals surface area contributed by atoms with E-state index < -0.39 is 0 Å². The number of amides is 1. The van der Waals surface area contributed by atoms with Crippen LogP contribution in [0.4, 0.5) is 5.69 Å². The molecule has 1 heterocycles. The lowest BCUT2D eigenvalue weighted by Crippen LogP contribution is -2.20. The molecule has 156 valence electrons. The molecule has 2 aromatic carbocycles. The maximum Gasteiger partial charge on any atom is 0.287 e. The van der Waals surface area contributed by atoms with Gasteiger partial charge in [0.1, 0.15) is 12.3 Å². The zero-order chi connectivity index (χ0) is 20.9. The second kappa shape index (κ2) is 9.26. The Morgan fingerprint density at radius 1 is 1.20 bits per heavy atom. The molecule has 0 bridgehead atoms. The molecule has 1 aliphatic rings. The monoisotopic (exact) mass is 423 g/mol. The number of hydrogen-bond donors (Lipinski definition) is 1. The summed E-state index contributed by atoms with van der Waals surface area (Å²) < 4.78 is 12.7. The van der Waals surface area contributed by atoms with Crippen molar-refractivity contribution < 1.29 is 13.9 Å². The maximum atomic E-state index is 12.4. The van der Waals surface area contributed by atoms with Crippen LogP contribution in [0.5, 0.6) is 5.75 Å². The highest BCUT2D eigenvalue weighted by Crippen LogP contribution is 2.25. The molecule has 0 saturated heterocycles. The van der Waals surface area contributed by atoms with Crippen molar-refractivity contribution in [2.24, 2.45) is 0 Å². The van der Waals surface area contributed by atoms with Gasteiger partial charge in [-0.1, -0.05) is 31.2 Å². The standard InChI is InChI=1S/C23H25N3O3S/c1-2-16-7-5-6-10-20(16)24-21(27)14-26-23(30)29-22(25-26)15-28-19-12-11-17-8-3-4-9-18(17)13-19/h5-7,10-13H,2-4,8-9,14-15H2,1H3,(H,24,27). The summed E-state index contributed by atoms with van der Waals surface area (Å²) in [4.78, 5) is 12.6. The summed E-state index contributed by atoms with van der Waals surface area (Å²) in [5.41, 5.74) is 4.64. The minimum atomic E-state index is -0.206. The molecule has 0 saturated carbocycles. The summed E-state index contributed by atoms with van der Waals surface area (Å²) in [6.45, 7) is 2.20. The Hall–Kier alpha value is -2.93. The van der Waals surface area contributed by atoms with Crippen LogP contribution in [0.2, 0.25) is 0 Å². The van der Waals surface area contributed by atoms with E-state index in [1.54, 1.807) is 0 Å². The highest BCUT2D eigenvalue weighted by Gasteiger charge is 2.13. The molecule has 0 spiro atoms. The Balaban J connectivity index is 1.37. The van der Waals surface area contributed by atoms with E-state index in [0.717, 1.165) is 36.3 Å². The zero-order valence-corrected chi connectivity index (χ0v) is 17.8. The lowest BCUT2D eigenvalue weighted by molar-refractivity contribution is -0.117. The van der Waals surface area contributed by atoms with Crippen molar-refractivity contribution in [3.8, 4) is 5.75 Å². The van der Waals surface area contributed by atoms with Crippen molar-refractivity contribution in [3.05, 3.63) is 69.9 Å². The van der Waals surface area contributed by atoms with E-state index >= 15 is 0 Å². The molecule has 6 nitrogen and oxygen atoms in total. The number of anilines is 1. The third kappa shape index (κ3) is 4.79. The fraction of sp³-hybridized carbons (Fsp3) is 0.348. The fourth-order valence-electron chi connectivity index (χ4n) is 3.73. The van der Waals surface area contributed by atoms with Gasteiger partial charge in [0.2, 0.25) is 5.91 Å². The van der Waals surface area contributed by atoms with E-state index in [4.69, 9.17) is 21.4 Å². The number of hydrogen-bond acceptors (Lipinski definition) is 5. The van der Waals surface area contributed by atoms with Crippen molar-refractivity contribution in [2.45, 2.75) is 52.2 Å². The van der Waals surface area contributed by atoms with Crippen LogP contribution in [-0.2, 0) is 37.2 Å². The molecule has 3 aromatic rings. The van der Waals surface area contributed by atoms with Crippen LogP contribution in [0.15, 0.2) is 46.9 Å². The van der Waals surface area contributed by atoms with Gasteiger partial charge in [-0.05, 0) is 79.2 Å². The molecule has 7 heteroatoms. The molecule has 0 radical (unpaired) electrons. The Morgan fingerprint density at radius 3 is 2.83 bits per heavy atom. The van der Waals surface area contributed by atoms with Crippen LogP contribution >= 0.6 is 12.2 Å². The summed E-state index contributed by atoms with van der Waals surface area (Å²) in [7, 11) is 0. The van der Waals surface area contributed by atoms with Crippen molar-refractivity contribution in [2.75, 3.05) is 5.32 Å². The van der Waals surface area contributed by atoms with E-state index in [0.29, 0.717) is 5.89 Å². The average Bonchev–Trinajstić information content (AvgIpc) is 3.11. The van der Waals surface area contributed by atoms with Gasteiger partial charge in [0, 0.05) is 5.69 Å². The number of carbonyl (C=O) groups is 1. The molecule has 1 amide bonds. The first-order chi connectivity index (χ1) is 14.6. The second-order valence-corrected chi connectivity index (χ2v) is 7.75. The van der Waals surface area contributed by atoms with Crippen molar-refractivity contribution in [3.63, 3.8) is 0 Å². The molecular weight excluding hydrogens is 398 g/mol. The third-order valence-corrected chi connectivity index (χ3v) is 5.59. The molecule has 0 unspecified atom stereocenters. The molecular formula is C23H25N3O3S. The number of aromatic nitrogens is 2. The third-order valence-electron chi connectivity index (χ3n) is 5.30. The van der Waals surface area contributed by atoms with E-state index in [-0.39, 0.29) is 23.9 Å². The van der Waals surface area contributed by atoms with E-state index in [2.05, 4.69) is 22.5 Å². The van der Waals surface area contributed by atoms with Crippen LogP contribution in [0.3, 0.4) is 0 Å². The van der Waals surface area contributed by atoms with Crippen LogP contribution < -0.4 is 10.1 Å². The van der Waals surface area contributed by atoms with E-state index in [1.165, 1.54) is 28.7 Å². The molecule has 4 rings (SSSR count). The van der Waals surface area contributed by atoms with Crippen LogP contribution in [0.1, 0.15) is 42.3 Å². The number of fused-ring (bicyclic) bond motifs is 1. The molecule has 0 fully saturated rings. The average molecular weight is 424 g/mol. The fourth-order valence-corrected chi connectivity index (χ4v) is 3.93. The van der Waals surface area contributed by atoms with Gasteiger partial charge >= 0.3 is 0 Å². The molecule has 0 atom stereocenters. The molecule has 0 aliphatic heterocycles. The minimum absolute atomic E-state index is 0.0147. The smallest absolute Gasteiger partial charge is 0.287 e. The number of carbonyl (C=O) groups excluding carboxylic acids is 1. The highest BCUT2D eigenvalue weighted by atomic mass is 32.1. The number of benzene rings is 2. The number of aryl methyl sites for hydroxylation is 3. The van der Waals surface area contributed by atoms with Crippen LogP contribution in [0, 0.1) is 4.84 Å². The number of nitrogens with zero attached hydrogens (tertiary/aromatic N) is 2. The zero-order valence-electron chi connectivity index (χ0n) is 17.0. The first-order valence-corrected chi connectivity index (χ1v) is 10.7. The van der Waals surface area contributed by atoms with Gasteiger partial charge in [0.25, 0.3) is 10.7 Å². The summed E-state index contributed by atoms with van der Waals surface area (Å²) >= 11 is 5.21. The Labute approximate surface area is 180 Å². The Kier molecular flexibility index (Phi) is 6.28. The van der Waals surface area contributed by atoms with Crippen LogP contribution in [-0.4, -0.2) is 15.7 Å². The van der Waals surface area contributed by atoms with Gasteiger partial charge < -0.3 is 14.5 Å². The van der Waals surface area contributed by atoms with Gasteiger partial charge in [-0.2, -0.15) is 0 Å². The number of rotatable bonds is 7. The largest absolute Gasteiger partial charge is 0.484 e. The molecule has 30 heavy (non-hydrogen) atoms.